The molecule has 1 fully saturated rings. The zero-order valence-corrected chi connectivity index (χ0v) is 12.9. The molecular formula is C13H16ClNO4S. The van der Waals surface area contributed by atoms with Crippen molar-refractivity contribution in [1.29, 1.82) is 0 Å². The highest BCUT2D eigenvalue weighted by molar-refractivity contribution is 7.91. The molecule has 0 N–H and O–H groups in total. The molecular weight excluding hydrogens is 302 g/mol. The number of nitrogens with zero attached hydrogens (tertiary/aromatic N) is 1. The van der Waals surface area contributed by atoms with E-state index >= 15 is 0 Å². The van der Waals surface area contributed by atoms with Gasteiger partial charge in [-0.05, 0) is 24.6 Å². The van der Waals surface area contributed by atoms with Crippen molar-refractivity contribution >= 4 is 27.3 Å². The average molecular weight is 318 g/mol. The monoisotopic (exact) mass is 317 g/mol. The maximum atomic E-state index is 12.5. The van der Waals surface area contributed by atoms with Gasteiger partial charge in [0, 0.05) is 18.1 Å². The number of rotatable bonds is 3. The van der Waals surface area contributed by atoms with Crippen LogP contribution in [0.25, 0.3) is 0 Å². The van der Waals surface area contributed by atoms with E-state index in [0.717, 1.165) is 0 Å². The van der Waals surface area contributed by atoms with Gasteiger partial charge in [0.1, 0.15) is 5.75 Å². The Bertz CT molecular complexity index is 629. The molecule has 1 saturated heterocycles. The van der Waals surface area contributed by atoms with Crippen molar-refractivity contribution in [3.63, 3.8) is 0 Å². The molecule has 1 aromatic carbocycles. The Morgan fingerprint density at radius 2 is 2.15 bits per heavy atom. The van der Waals surface area contributed by atoms with Gasteiger partial charge in [0.05, 0.1) is 24.2 Å². The Morgan fingerprint density at radius 1 is 1.45 bits per heavy atom. The van der Waals surface area contributed by atoms with Crippen LogP contribution in [0.3, 0.4) is 0 Å². The number of carbonyl (C=O) groups is 1. The molecule has 5 nitrogen and oxygen atoms in total. The van der Waals surface area contributed by atoms with Crippen LogP contribution in [-0.2, 0) is 9.84 Å². The topological polar surface area (TPSA) is 63.7 Å². The fourth-order valence-electron chi connectivity index (χ4n) is 2.28. The van der Waals surface area contributed by atoms with Gasteiger partial charge >= 0.3 is 0 Å². The summed E-state index contributed by atoms with van der Waals surface area (Å²) in [6.45, 7) is 0. The number of amides is 1. The highest BCUT2D eigenvalue weighted by Gasteiger charge is 2.33. The third-order valence-corrected chi connectivity index (χ3v) is 5.45. The van der Waals surface area contributed by atoms with Gasteiger partial charge in [-0.1, -0.05) is 11.6 Å². The summed E-state index contributed by atoms with van der Waals surface area (Å²) in [6.07, 6.45) is 0.466. The van der Waals surface area contributed by atoms with Crippen molar-refractivity contribution in [3.8, 4) is 5.75 Å². The number of benzene rings is 1. The van der Waals surface area contributed by atoms with Gasteiger partial charge in [0.15, 0.2) is 9.84 Å². The van der Waals surface area contributed by atoms with Gasteiger partial charge in [-0.25, -0.2) is 8.42 Å². The zero-order chi connectivity index (χ0) is 14.9. The number of ether oxygens (including phenoxy) is 1. The van der Waals surface area contributed by atoms with Crippen LogP contribution in [0, 0.1) is 0 Å². The maximum absolute atomic E-state index is 12.5. The van der Waals surface area contributed by atoms with Gasteiger partial charge < -0.3 is 9.64 Å². The van der Waals surface area contributed by atoms with E-state index in [2.05, 4.69) is 0 Å². The molecule has 1 amide bonds. The average Bonchev–Trinajstić information content (AvgIpc) is 2.77. The highest BCUT2D eigenvalue weighted by Crippen LogP contribution is 2.26. The number of sulfone groups is 1. The third-order valence-electron chi connectivity index (χ3n) is 3.47. The molecule has 20 heavy (non-hydrogen) atoms. The minimum Gasteiger partial charge on any atom is -0.496 e. The fourth-order valence-corrected chi connectivity index (χ4v) is 4.23. The van der Waals surface area contributed by atoms with E-state index in [1.165, 1.54) is 18.1 Å². The molecule has 2 rings (SSSR count). The van der Waals surface area contributed by atoms with E-state index < -0.39 is 9.84 Å². The third kappa shape index (κ3) is 3.07. The summed E-state index contributed by atoms with van der Waals surface area (Å²) >= 11 is 5.91. The van der Waals surface area contributed by atoms with E-state index in [-0.39, 0.29) is 23.5 Å². The molecule has 0 radical (unpaired) electrons. The number of hydrogen-bond acceptors (Lipinski definition) is 4. The van der Waals surface area contributed by atoms with Crippen LogP contribution in [0.1, 0.15) is 16.8 Å². The molecule has 0 bridgehead atoms. The normalized spacial score (nSPS) is 20.6. The van der Waals surface area contributed by atoms with E-state index in [1.807, 2.05) is 0 Å². The van der Waals surface area contributed by atoms with Crippen LogP contribution in [0.4, 0.5) is 0 Å². The van der Waals surface area contributed by atoms with Gasteiger partial charge in [0.25, 0.3) is 5.91 Å². The molecule has 1 heterocycles. The summed E-state index contributed by atoms with van der Waals surface area (Å²) in [5.41, 5.74) is 0.340. The first-order valence-electron chi connectivity index (χ1n) is 6.15. The van der Waals surface area contributed by atoms with Crippen molar-refractivity contribution < 1.29 is 17.9 Å². The lowest BCUT2D eigenvalue weighted by molar-refractivity contribution is 0.0744. The van der Waals surface area contributed by atoms with Crippen molar-refractivity contribution in [3.05, 3.63) is 28.8 Å². The Balaban J connectivity index is 2.25. The SMILES string of the molecule is COc1ccc(Cl)cc1C(=O)N(C)[C@@H]1CCS(=O)(=O)C1. The summed E-state index contributed by atoms with van der Waals surface area (Å²) in [4.78, 5) is 13.9. The number of hydrogen-bond donors (Lipinski definition) is 0. The second-order valence-corrected chi connectivity index (χ2v) is 7.48. The van der Waals surface area contributed by atoms with E-state index in [1.54, 1.807) is 19.2 Å². The van der Waals surface area contributed by atoms with Crippen LogP contribution >= 0.6 is 11.6 Å². The standard InChI is InChI=1S/C13H16ClNO4S/c1-15(10-5-6-20(17,18)8-10)13(16)11-7-9(14)3-4-12(11)19-2/h3-4,7,10H,5-6,8H2,1-2H3/t10-/m1/s1. The second kappa shape index (κ2) is 5.61. The predicted molar refractivity (Wildman–Crippen MR) is 77.2 cm³/mol. The van der Waals surface area contributed by atoms with Crippen molar-refractivity contribution in [2.75, 3.05) is 25.7 Å². The first-order valence-corrected chi connectivity index (χ1v) is 8.35. The molecule has 7 heteroatoms. The highest BCUT2D eigenvalue weighted by atomic mass is 35.5. The summed E-state index contributed by atoms with van der Waals surface area (Å²) in [5.74, 6) is 0.277. The maximum Gasteiger partial charge on any atom is 0.257 e. The smallest absolute Gasteiger partial charge is 0.257 e. The fraction of sp³-hybridized carbons (Fsp3) is 0.462. The van der Waals surface area contributed by atoms with Gasteiger partial charge in [-0.3, -0.25) is 4.79 Å². The number of halogens is 1. The minimum absolute atomic E-state index is 0.0120. The van der Waals surface area contributed by atoms with Gasteiger partial charge in [-0.2, -0.15) is 0 Å². The van der Waals surface area contributed by atoms with Crippen LogP contribution in [0.2, 0.25) is 5.02 Å². The van der Waals surface area contributed by atoms with Crippen molar-refractivity contribution in [2.45, 2.75) is 12.5 Å². The number of carbonyl (C=O) groups excluding carboxylic acids is 1. The molecule has 1 aromatic rings. The zero-order valence-electron chi connectivity index (χ0n) is 11.3. The van der Waals surface area contributed by atoms with E-state index in [9.17, 15) is 13.2 Å². The van der Waals surface area contributed by atoms with E-state index in [4.69, 9.17) is 16.3 Å². The Morgan fingerprint density at radius 3 is 2.70 bits per heavy atom. The lowest BCUT2D eigenvalue weighted by atomic mass is 10.1. The van der Waals surface area contributed by atoms with E-state index in [0.29, 0.717) is 22.8 Å². The van der Waals surface area contributed by atoms with Crippen LogP contribution in [-0.4, -0.2) is 50.9 Å². The molecule has 0 spiro atoms. The van der Waals surface area contributed by atoms with Crippen LogP contribution in [0.5, 0.6) is 5.75 Å². The molecule has 0 unspecified atom stereocenters. The Hall–Kier alpha value is -1.27. The molecule has 1 atom stereocenters. The van der Waals surface area contributed by atoms with Crippen molar-refractivity contribution in [1.82, 2.24) is 4.90 Å². The lowest BCUT2D eigenvalue weighted by Gasteiger charge is -2.24. The first kappa shape index (κ1) is 15.1. The van der Waals surface area contributed by atoms with Gasteiger partial charge in [0.2, 0.25) is 0 Å². The quantitative estimate of drug-likeness (QED) is 0.849. The Labute approximate surface area is 123 Å². The van der Waals surface area contributed by atoms with Crippen LogP contribution in [0.15, 0.2) is 18.2 Å². The summed E-state index contributed by atoms with van der Waals surface area (Å²) in [5, 5.41) is 0.432. The summed E-state index contributed by atoms with van der Waals surface area (Å²) < 4.78 is 28.1. The van der Waals surface area contributed by atoms with Crippen molar-refractivity contribution in [2.24, 2.45) is 0 Å². The second-order valence-electron chi connectivity index (χ2n) is 4.82. The minimum atomic E-state index is -3.03. The predicted octanol–water partition coefficient (Wildman–Crippen LogP) is 1.61. The molecule has 0 saturated carbocycles. The van der Waals surface area contributed by atoms with Gasteiger partial charge in [-0.15, -0.1) is 0 Å². The molecule has 1 aliphatic heterocycles. The number of methoxy groups -OCH3 is 1. The molecule has 0 aromatic heterocycles. The molecule has 1 aliphatic rings. The molecule has 110 valence electrons. The van der Waals surface area contributed by atoms with Crippen LogP contribution < -0.4 is 4.74 Å². The largest absolute Gasteiger partial charge is 0.496 e. The molecule has 0 aliphatic carbocycles. The lowest BCUT2D eigenvalue weighted by Crippen LogP contribution is -2.38. The Kier molecular flexibility index (Phi) is 4.25. The summed E-state index contributed by atoms with van der Waals surface area (Å²) in [7, 11) is 0.0464. The first-order chi connectivity index (χ1) is 9.34. The summed E-state index contributed by atoms with van der Waals surface area (Å²) in [6, 6.07) is 4.49.